The Morgan fingerprint density at radius 3 is 2.32 bits per heavy atom. The Kier molecular flexibility index (Phi) is 7.91. The number of allylic oxidation sites excluding steroid dienone is 2. The van der Waals surface area contributed by atoms with Crippen LogP contribution in [0.1, 0.15) is 126 Å². The molecule has 0 fully saturated rings. The Morgan fingerprint density at radius 2 is 1.78 bits per heavy atom. The van der Waals surface area contributed by atoms with Crippen LogP contribution in [-0.4, -0.2) is 18.4 Å². The number of rotatable bonds is 6. The van der Waals surface area contributed by atoms with E-state index in [1.54, 1.807) is 0 Å². The lowest BCUT2D eigenvalue weighted by atomic mass is 9.71. The van der Waals surface area contributed by atoms with E-state index in [1.165, 1.54) is 22.4 Å². The number of hydrogen-bond acceptors (Lipinski definition) is 3. The van der Waals surface area contributed by atoms with Crippen LogP contribution in [0.5, 0.6) is 0 Å². The van der Waals surface area contributed by atoms with Gasteiger partial charge >= 0.3 is 0 Å². The first-order valence-corrected chi connectivity index (χ1v) is 17.3. The standard InChI is InChI=1S/C32H46ClNO2Si/c1-20(2)29-28(30(35)22-14-16-23(33)17-15-22)26(21-12-10-11-13-21)27-24(34-29)18-32(6,7)19-25(27)36-37(8,9)31(3,4)5/h12,14-17,20,25,30,35H,10-11,13,18-19H2,1-9H3. The summed E-state index contributed by atoms with van der Waals surface area (Å²) in [6, 6.07) is 7.61. The first-order chi connectivity index (χ1) is 17.1. The molecule has 0 aliphatic heterocycles. The zero-order chi connectivity index (χ0) is 27.3. The predicted molar refractivity (Wildman–Crippen MR) is 159 cm³/mol. The molecule has 1 heterocycles. The van der Waals surface area contributed by atoms with Gasteiger partial charge < -0.3 is 9.53 Å². The van der Waals surface area contributed by atoms with Gasteiger partial charge in [-0.25, -0.2) is 0 Å². The van der Waals surface area contributed by atoms with Crippen molar-refractivity contribution in [2.24, 2.45) is 5.41 Å². The fourth-order valence-corrected chi connectivity index (χ4v) is 7.09. The number of fused-ring (bicyclic) bond motifs is 1. The summed E-state index contributed by atoms with van der Waals surface area (Å²) in [5.41, 5.74) is 7.90. The van der Waals surface area contributed by atoms with E-state index in [1.807, 2.05) is 24.3 Å². The van der Waals surface area contributed by atoms with Gasteiger partial charge in [0.05, 0.1) is 6.10 Å². The molecule has 2 unspecified atom stereocenters. The summed E-state index contributed by atoms with van der Waals surface area (Å²) in [7, 11) is -2.06. The van der Waals surface area contributed by atoms with E-state index in [2.05, 4.69) is 67.6 Å². The minimum absolute atomic E-state index is 0.0268. The molecule has 1 aromatic carbocycles. The molecule has 0 saturated carbocycles. The van der Waals surface area contributed by atoms with Gasteiger partial charge in [0, 0.05) is 27.5 Å². The molecule has 0 radical (unpaired) electrons. The van der Waals surface area contributed by atoms with Gasteiger partial charge in [-0.2, -0.15) is 0 Å². The predicted octanol–water partition coefficient (Wildman–Crippen LogP) is 9.54. The molecule has 37 heavy (non-hydrogen) atoms. The lowest BCUT2D eigenvalue weighted by Gasteiger charge is -2.45. The van der Waals surface area contributed by atoms with Crippen LogP contribution in [0.3, 0.4) is 0 Å². The number of aromatic nitrogens is 1. The zero-order valence-electron chi connectivity index (χ0n) is 24.3. The van der Waals surface area contributed by atoms with Crippen molar-refractivity contribution < 1.29 is 9.53 Å². The molecular weight excluding hydrogens is 494 g/mol. The van der Waals surface area contributed by atoms with Crippen LogP contribution in [-0.2, 0) is 10.8 Å². The second kappa shape index (κ2) is 10.3. The number of nitrogens with zero attached hydrogens (tertiary/aromatic N) is 1. The van der Waals surface area contributed by atoms with E-state index in [9.17, 15) is 5.11 Å². The molecule has 0 spiro atoms. The van der Waals surface area contributed by atoms with Crippen molar-refractivity contribution in [3.8, 4) is 0 Å². The fraction of sp³-hybridized carbons (Fsp3) is 0.594. The van der Waals surface area contributed by atoms with Crippen molar-refractivity contribution in [3.63, 3.8) is 0 Å². The van der Waals surface area contributed by atoms with Crippen LogP contribution >= 0.6 is 11.6 Å². The monoisotopic (exact) mass is 539 g/mol. The summed E-state index contributed by atoms with van der Waals surface area (Å²) in [6.45, 7) is 20.7. The maximum absolute atomic E-state index is 12.0. The van der Waals surface area contributed by atoms with Crippen LogP contribution in [0.15, 0.2) is 30.3 Å². The number of benzene rings is 1. The summed E-state index contributed by atoms with van der Waals surface area (Å²) >= 11 is 6.20. The maximum atomic E-state index is 12.0. The van der Waals surface area contributed by atoms with Crippen molar-refractivity contribution >= 4 is 25.5 Å². The third-order valence-electron chi connectivity index (χ3n) is 8.70. The zero-order valence-corrected chi connectivity index (χ0v) is 26.1. The molecule has 2 aliphatic rings. The second-order valence-corrected chi connectivity index (χ2v) is 19.0. The lowest BCUT2D eigenvalue weighted by Crippen LogP contribution is -2.44. The SMILES string of the molecule is CC(C)c1nc2c(c(C3=CCCC3)c1C(O)c1ccc(Cl)cc1)C(O[Si](C)(C)C(C)(C)C)CC(C)(C)C2. The first kappa shape index (κ1) is 28.5. The highest BCUT2D eigenvalue weighted by Gasteiger charge is 2.45. The molecule has 1 aromatic heterocycles. The van der Waals surface area contributed by atoms with Crippen LogP contribution in [0, 0.1) is 5.41 Å². The van der Waals surface area contributed by atoms with E-state index in [-0.39, 0.29) is 22.5 Å². The Morgan fingerprint density at radius 1 is 1.14 bits per heavy atom. The highest BCUT2D eigenvalue weighted by molar-refractivity contribution is 6.74. The van der Waals surface area contributed by atoms with E-state index in [0.29, 0.717) is 5.02 Å². The Labute approximate surface area is 230 Å². The number of pyridine rings is 1. The quantitative estimate of drug-likeness (QED) is 0.371. The van der Waals surface area contributed by atoms with Gasteiger partial charge in [0.15, 0.2) is 8.32 Å². The number of aliphatic hydroxyl groups excluding tert-OH is 1. The van der Waals surface area contributed by atoms with E-state index < -0.39 is 14.4 Å². The Balaban J connectivity index is 2.02. The summed E-state index contributed by atoms with van der Waals surface area (Å²) < 4.78 is 7.23. The Hall–Kier alpha value is -1.46. The van der Waals surface area contributed by atoms with Gasteiger partial charge in [-0.05, 0) is 90.4 Å². The molecule has 0 saturated heterocycles. The molecule has 0 amide bonds. The van der Waals surface area contributed by atoms with Gasteiger partial charge in [-0.15, -0.1) is 0 Å². The van der Waals surface area contributed by atoms with E-state index >= 15 is 0 Å². The van der Waals surface area contributed by atoms with Crippen LogP contribution in [0.2, 0.25) is 23.2 Å². The molecule has 2 atom stereocenters. The average Bonchev–Trinajstić information content (AvgIpc) is 3.30. The summed E-state index contributed by atoms with van der Waals surface area (Å²) in [6.07, 6.45) is 6.75. The van der Waals surface area contributed by atoms with Crippen LogP contribution in [0.4, 0.5) is 0 Å². The van der Waals surface area contributed by atoms with Crippen molar-refractivity contribution in [1.29, 1.82) is 0 Å². The number of hydrogen-bond donors (Lipinski definition) is 1. The molecule has 4 rings (SSSR count). The highest BCUT2D eigenvalue weighted by Crippen LogP contribution is 2.52. The maximum Gasteiger partial charge on any atom is 0.192 e. The van der Waals surface area contributed by atoms with Crippen molar-refractivity contribution in [1.82, 2.24) is 4.98 Å². The molecule has 0 bridgehead atoms. The largest absolute Gasteiger partial charge is 0.410 e. The molecule has 2 aliphatic carbocycles. The number of halogens is 1. The van der Waals surface area contributed by atoms with Crippen molar-refractivity contribution in [3.05, 3.63) is 69.0 Å². The second-order valence-electron chi connectivity index (χ2n) is 13.8. The van der Waals surface area contributed by atoms with Crippen LogP contribution in [0.25, 0.3) is 5.57 Å². The van der Waals surface area contributed by atoms with E-state index in [4.69, 9.17) is 21.0 Å². The van der Waals surface area contributed by atoms with Gasteiger partial charge in [0.25, 0.3) is 0 Å². The third-order valence-corrected chi connectivity index (χ3v) is 13.4. The normalized spacial score (nSPS) is 20.6. The van der Waals surface area contributed by atoms with Gasteiger partial charge in [0.1, 0.15) is 6.10 Å². The summed E-state index contributed by atoms with van der Waals surface area (Å²) in [4.78, 5) is 5.37. The third kappa shape index (κ3) is 5.78. The summed E-state index contributed by atoms with van der Waals surface area (Å²) in [5, 5.41) is 12.7. The topological polar surface area (TPSA) is 42.4 Å². The molecule has 5 heteroatoms. The highest BCUT2D eigenvalue weighted by atomic mass is 35.5. The van der Waals surface area contributed by atoms with Crippen LogP contribution < -0.4 is 0 Å². The van der Waals surface area contributed by atoms with Crippen molar-refractivity contribution in [2.45, 2.75) is 117 Å². The molecule has 2 aromatic rings. The molecule has 3 nitrogen and oxygen atoms in total. The van der Waals surface area contributed by atoms with E-state index in [0.717, 1.165) is 48.9 Å². The summed E-state index contributed by atoms with van der Waals surface area (Å²) in [5.74, 6) is 0.188. The van der Waals surface area contributed by atoms with Gasteiger partial charge in [0.2, 0.25) is 0 Å². The van der Waals surface area contributed by atoms with Gasteiger partial charge in [-0.1, -0.05) is 78.3 Å². The Bertz CT molecular complexity index is 1170. The smallest absolute Gasteiger partial charge is 0.192 e. The average molecular weight is 540 g/mol. The lowest BCUT2D eigenvalue weighted by molar-refractivity contribution is 0.105. The molecule has 202 valence electrons. The van der Waals surface area contributed by atoms with Crippen molar-refractivity contribution in [2.75, 3.05) is 0 Å². The fourth-order valence-electron chi connectivity index (χ4n) is 5.70. The minimum atomic E-state index is -2.06. The first-order valence-electron chi connectivity index (χ1n) is 14.0. The minimum Gasteiger partial charge on any atom is -0.410 e. The molecule has 1 N–H and O–H groups in total. The molecular formula is C32H46ClNO2Si. The number of aliphatic hydroxyl groups is 1. The van der Waals surface area contributed by atoms with Gasteiger partial charge in [-0.3, -0.25) is 4.98 Å².